The van der Waals surface area contributed by atoms with E-state index in [0.717, 1.165) is 24.8 Å². The van der Waals surface area contributed by atoms with Gasteiger partial charge in [0.05, 0.1) is 0 Å². The van der Waals surface area contributed by atoms with Crippen molar-refractivity contribution < 1.29 is 5.11 Å². The van der Waals surface area contributed by atoms with Crippen molar-refractivity contribution in [1.82, 2.24) is 4.90 Å². The summed E-state index contributed by atoms with van der Waals surface area (Å²) in [6.07, 6.45) is 2.12. The Balaban J connectivity index is 1.69. The molecule has 1 N–H and O–H groups in total. The average Bonchev–Trinajstić information content (AvgIpc) is 2.31. The van der Waals surface area contributed by atoms with Crippen LogP contribution in [0.25, 0.3) is 0 Å². The van der Waals surface area contributed by atoms with Gasteiger partial charge in [0.15, 0.2) is 0 Å². The van der Waals surface area contributed by atoms with E-state index in [2.05, 4.69) is 42.2 Å². The first-order chi connectivity index (χ1) is 8.29. The molecule has 2 rings (SSSR count). The van der Waals surface area contributed by atoms with Gasteiger partial charge in [0.1, 0.15) is 0 Å². The van der Waals surface area contributed by atoms with Crippen LogP contribution in [0, 0.1) is 11.8 Å². The molecule has 94 valence electrons. The molecule has 0 spiro atoms. The highest BCUT2D eigenvalue weighted by Gasteiger charge is 2.30. The van der Waals surface area contributed by atoms with Crippen molar-refractivity contribution in [2.45, 2.75) is 26.3 Å². The summed E-state index contributed by atoms with van der Waals surface area (Å²) in [4.78, 5) is 2.51. The van der Waals surface area contributed by atoms with Crippen LogP contribution < -0.4 is 0 Å². The Hall–Kier alpha value is -0.860. The van der Waals surface area contributed by atoms with Crippen molar-refractivity contribution in [2.75, 3.05) is 19.7 Å². The molecule has 17 heavy (non-hydrogen) atoms. The number of benzene rings is 1. The van der Waals surface area contributed by atoms with Gasteiger partial charge in [0.2, 0.25) is 0 Å². The van der Waals surface area contributed by atoms with E-state index in [1.54, 1.807) is 0 Å². The molecule has 0 radical (unpaired) electrons. The van der Waals surface area contributed by atoms with E-state index in [4.69, 9.17) is 5.11 Å². The van der Waals surface area contributed by atoms with Gasteiger partial charge in [-0.15, -0.1) is 0 Å². The monoisotopic (exact) mass is 233 g/mol. The number of rotatable bonds is 6. The molecule has 0 aromatic heterocycles. The molecule has 1 atom stereocenters. The van der Waals surface area contributed by atoms with Crippen molar-refractivity contribution in [2.24, 2.45) is 11.8 Å². The highest BCUT2D eigenvalue weighted by Crippen LogP contribution is 2.27. The number of hydrogen-bond donors (Lipinski definition) is 1. The summed E-state index contributed by atoms with van der Waals surface area (Å²) in [5.74, 6) is 1.60. The first-order valence-electron chi connectivity index (χ1n) is 6.66. The molecular weight excluding hydrogens is 210 g/mol. The maximum Gasteiger partial charge on any atom is 0.0431 e. The van der Waals surface area contributed by atoms with Crippen LogP contribution in [0.4, 0.5) is 0 Å². The maximum absolute atomic E-state index is 8.82. The lowest BCUT2D eigenvalue weighted by Gasteiger charge is -2.42. The van der Waals surface area contributed by atoms with Crippen LogP contribution >= 0.6 is 0 Å². The van der Waals surface area contributed by atoms with E-state index in [9.17, 15) is 0 Å². The second-order valence-corrected chi connectivity index (χ2v) is 5.28. The lowest BCUT2D eigenvalue weighted by atomic mass is 9.84. The van der Waals surface area contributed by atoms with Crippen molar-refractivity contribution in [3.05, 3.63) is 35.9 Å². The quantitative estimate of drug-likeness (QED) is 0.816. The maximum atomic E-state index is 8.82. The van der Waals surface area contributed by atoms with Crippen LogP contribution in [-0.4, -0.2) is 29.7 Å². The fourth-order valence-corrected chi connectivity index (χ4v) is 2.59. The van der Waals surface area contributed by atoms with Crippen LogP contribution in [0.5, 0.6) is 0 Å². The standard InChI is InChI=1S/C15H23NO/c1-13(6-5-9-17)15-11-16(12-15)10-14-7-3-2-4-8-14/h2-4,7-8,13,15,17H,5-6,9-12H2,1H3. The minimum absolute atomic E-state index is 0.338. The zero-order valence-electron chi connectivity index (χ0n) is 10.7. The Labute approximate surface area is 104 Å². The lowest BCUT2D eigenvalue weighted by molar-refractivity contribution is 0.0508. The number of hydrogen-bond acceptors (Lipinski definition) is 2. The molecule has 2 heteroatoms. The van der Waals surface area contributed by atoms with Crippen molar-refractivity contribution in [1.29, 1.82) is 0 Å². The largest absolute Gasteiger partial charge is 0.396 e. The lowest BCUT2D eigenvalue weighted by Crippen LogP contribution is -2.48. The Morgan fingerprint density at radius 2 is 2.00 bits per heavy atom. The molecule has 0 saturated carbocycles. The third-order valence-electron chi connectivity index (χ3n) is 3.86. The molecule has 0 bridgehead atoms. The molecule has 1 aliphatic heterocycles. The van der Waals surface area contributed by atoms with Gasteiger partial charge in [-0.1, -0.05) is 37.3 Å². The van der Waals surface area contributed by atoms with Gasteiger partial charge in [-0.2, -0.15) is 0 Å². The van der Waals surface area contributed by atoms with E-state index in [-0.39, 0.29) is 0 Å². The van der Waals surface area contributed by atoms with E-state index in [0.29, 0.717) is 6.61 Å². The second kappa shape index (κ2) is 6.18. The topological polar surface area (TPSA) is 23.5 Å². The smallest absolute Gasteiger partial charge is 0.0431 e. The summed E-state index contributed by atoms with van der Waals surface area (Å²) in [7, 11) is 0. The molecule has 1 aromatic carbocycles. The fourth-order valence-electron chi connectivity index (χ4n) is 2.59. The van der Waals surface area contributed by atoms with Crippen molar-refractivity contribution in [3.63, 3.8) is 0 Å². The Morgan fingerprint density at radius 1 is 1.29 bits per heavy atom. The van der Waals surface area contributed by atoms with Gasteiger partial charge >= 0.3 is 0 Å². The third-order valence-corrected chi connectivity index (χ3v) is 3.86. The Bertz CT molecular complexity index is 319. The van der Waals surface area contributed by atoms with Crippen LogP contribution in [0.2, 0.25) is 0 Å². The number of aliphatic hydroxyl groups is 1. The van der Waals surface area contributed by atoms with Crippen molar-refractivity contribution >= 4 is 0 Å². The van der Waals surface area contributed by atoms with Crippen LogP contribution in [-0.2, 0) is 6.54 Å². The summed E-state index contributed by atoms with van der Waals surface area (Å²) >= 11 is 0. The van der Waals surface area contributed by atoms with Crippen LogP contribution in [0.15, 0.2) is 30.3 Å². The summed E-state index contributed by atoms with van der Waals surface area (Å²) in [6, 6.07) is 10.7. The molecule has 2 nitrogen and oxygen atoms in total. The Kier molecular flexibility index (Phi) is 4.57. The third kappa shape index (κ3) is 3.55. The molecule has 1 unspecified atom stereocenters. The van der Waals surface area contributed by atoms with Gasteiger partial charge in [-0.3, -0.25) is 4.90 Å². The van der Waals surface area contributed by atoms with Gasteiger partial charge in [0, 0.05) is 26.2 Å². The number of likely N-dealkylation sites (tertiary alicyclic amines) is 1. The Morgan fingerprint density at radius 3 is 2.65 bits per heavy atom. The summed E-state index contributed by atoms with van der Waals surface area (Å²) in [5.41, 5.74) is 1.41. The highest BCUT2D eigenvalue weighted by atomic mass is 16.2. The van der Waals surface area contributed by atoms with E-state index in [1.165, 1.54) is 25.1 Å². The summed E-state index contributed by atoms with van der Waals surface area (Å²) in [5, 5.41) is 8.82. The number of nitrogens with zero attached hydrogens (tertiary/aromatic N) is 1. The van der Waals surface area contributed by atoms with Gasteiger partial charge < -0.3 is 5.11 Å². The molecule has 0 amide bonds. The molecule has 1 aliphatic rings. The van der Waals surface area contributed by atoms with Gasteiger partial charge in [-0.25, -0.2) is 0 Å². The average molecular weight is 233 g/mol. The normalized spacial score (nSPS) is 18.9. The highest BCUT2D eigenvalue weighted by molar-refractivity contribution is 5.14. The second-order valence-electron chi connectivity index (χ2n) is 5.28. The predicted molar refractivity (Wildman–Crippen MR) is 70.7 cm³/mol. The minimum Gasteiger partial charge on any atom is -0.396 e. The minimum atomic E-state index is 0.338. The zero-order valence-corrected chi connectivity index (χ0v) is 10.7. The van der Waals surface area contributed by atoms with Crippen LogP contribution in [0.3, 0.4) is 0 Å². The molecule has 1 heterocycles. The van der Waals surface area contributed by atoms with E-state index < -0.39 is 0 Å². The fraction of sp³-hybridized carbons (Fsp3) is 0.600. The predicted octanol–water partition coefficient (Wildman–Crippen LogP) is 2.53. The summed E-state index contributed by atoms with van der Waals surface area (Å²) < 4.78 is 0. The SMILES string of the molecule is CC(CCCO)C1CN(Cc2ccccc2)C1. The van der Waals surface area contributed by atoms with E-state index >= 15 is 0 Å². The van der Waals surface area contributed by atoms with E-state index in [1.807, 2.05) is 0 Å². The van der Waals surface area contributed by atoms with Crippen LogP contribution in [0.1, 0.15) is 25.3 Å². The molecule has 1 fully saturated rings. The van der Waals surface area contributed by atoms with Gasteiger partial charge in [0.25, 0.3) is 0 Å². The summed E-state index contributed by atoms with van der Waals surface area (Å²) in [6.45, 7) is 6.19. The molecule has 0 aliphatic carbocycles. The van der Waals surface area contributed by atoms with Gasteiger partial charge in [-0.05, 0) is 30.2 Å². The number of aliphatic hydroxyl groups excluding tert-OH is 1. The first kappa shape index (κ1) is 12.6. The zero-order chi connectivity index (χ0) is 12.1. The van der Waals surface area contributed by atoms with Crippen molar-refractivity contribution in [3.8, 4) is 0 Å². The first-order valence-corrected chi connectivity index (χ1v) is 6.66. The molecular formula is C15H23NO. The molecule has 1 saturated heterocycles. The molecule has 1 aromatic rings.